The summed E-state index contributed by atoms with van der Waals surface area (Å²) >= 11 is 0. The molecule has 6 heteroatoms. The van der Waals surface area contributed by atoms with Crippen LogP contribution in [0.1, 0.15) is 43.4 Å². The highest BCUT2D eigenvalue weighted by molar-refractivity contribution is 5.79. The molecule has 0 saturated heterocycles. The highest BCUT2D eigenvalue weighted by atomic mass is 16.5. The van der Waals surface area contributed by atoms with Crippen LogP contribution >= 0.6 is 0 Å². The lowest BCUT2D eigenvalue weighted by molar-refractivity contribution is 0.288. The molecule has 0 radical (unpaired) electrons. The lowest BCUT2D eigenvalue weighted by Gasteiger charge is -2.38. The fourth-order valence-corrected chi connectivity index (χ4v) is 4.11. The SMILES string of the molecule is CN=C(NCc1ccccn1)NCC1(c2ccc(OC)c(OC)c2)CCCCC1. The number of ether oxygens (including phenoxy) is 2. The first-order valence-corrected chi connectivity index (χ1v) is 10.3. The van der Waals surface area contributed by atoms with E-state index in [4.69, 9.17) is 9.47 Å². The fourth-order valence-electron chi connectivity index (χ4n) is 4.11. The zero-order chi connectivity index (χ0) is 20.5. The maximum atomic E-state index is 5.56. The van der Waals surface area contributed by atoms with Crippen LogP contribution < -0.4 is 20.1 Å². The first-order valence-electron chi connectivity index (χ1n) is 10.3. The highest BCUT2D eigenvalue weighted by Crippen LogP contribution is 2.42. The van der Waals surface area contributed by atoms with Gasteiger partial charge in [0.25, 0.3) is 0 Å². The predicted octanol–water partition coefficient (Wildman–Crippen LogP) is 3.67. The number of benzene rings is 1. The maximum Gasteiger partial charge on any atom is 0.191 e. The quantitative estimate of drug-likeness (QED) is 0.552. The number of hydrogen-bond acceptors (Lipinski definition) is 4. The largest absolute Gasteiger partial charge is 0.493 e. The molecule has 1 saturated carbocycles. The number of hydrogen-bond donors (Lipinski definition) is 2. The summed E-state index contributed by atoms with van der Waals surface area (Å²) in [4.78, 5) is 8.76. The highest BCUT2D eigenvalue weighted by Gasteiger charge is 2.34. The number of aliphatic imine (C=N–C) groups is 1. The van der Waals surface area contributed by atoms with Crippen LogP contribution in [0.5, 0.6) is 11.5 Å². The monoisotopic (exact) mass is 396 g/mol. The van der Waals surface area contributed by atoms with Crippen molar-refractivity contribution in [3.05, 3.63) is 53.9 Å². The molecule has 29 heavy (non-hydrogen) atoms. The minimum Gasteiger partial charge on any atom is -0.493 e. The Hall–Kier alpha value is -2.76. The van der Waals surface area contributed by atoms with Gasteiger partial charge in [0.1, 0.15) is 0 Å². The molecule has 1 aromatic heterocycles. The van der Waals surface area contributed by atoms with Crippen LogP contribution in [0.3, 0.4) is 0 Å². The topological polar surface area (TPSA) is 67.8 Å². The third-order valence-electron chi connectivity index (χ3n) is 5.79. The molecule has 1 heterocycles. The molecule has 2 aromatic rings. The predicted molar refractivity (Wildman–Crippen MR) is 117 cm³/mol. The summed E-state index contributed by atoms with van der Waals surface area (Å²) in [7, 11) is 5.17. The Labute approximate surface area is 173 Å². The average molecular weight is 397 g/mol. The van der Waals surface area contributed by atoms with E-state index in [0.29, 0.717) is 6.54 Å². The molecule has 1 aliphatic carbocycles. The van der Waals surface area contributed by atoms with E-state index in [0.717, 1.165) is 42.5 Å². The molecule has 156 valence electrons. The molecule has 0 amide bonds. The van der Waals surface area contributed by atoms with Gasteiger partial charge in [-0.15, -0.1) is 0 Å². The second-order valence-corrected chi connectivity index (χ2v) is 7.51. The van der Waals surface area contributed by atoms with Crippen LogP contribution in [-0.2, 0) is 12.0 Å². The zero-order valence-electron chi connectivity index (χ0n) is 17.7. The number of nitrogens with one attached hydrogen (secondary N) is 2. The van der Waals surface area contributed by atoms with Crippen molar-refractivity contribution < 1.29 is 9.47 Å². The Kier molecular flexibility index (Phi) is 7.33. The van der Waals surface area contributed by atoms with Gasteiger partial charge in [-0.3, -0.25) is 9.98 Å². The van der Waals surface area contributed by atoms with Crippen LogP contribution in [0.15, 0.2) is 47.6 Å². The zero-order valence-corrected chi connectivity index (χ0v) is 17.7. The normalized spacial score (nSPS) is 16.2. The summed E-state index contributed by atoms with van der Waals surface area (Å²) in [5, 5.41) is 6.92. The van der Waals surface area contributed by atoms with Crippen LogP contribution in [0.2, 0.25) is 0 Å². The molecule has 1 aromatic carbocycles. The Balaban J connectivity index is 1.73. The fraction of sp³-hybridized carbons (Fsp3) is 0.478. The van der Waals surface area contributed by atoms with Gasteiger partial charge in [0.05, 0.1) is 26.5 Å². The minimum absolute atomic E-state index is 0.0560. The second-order valence-electron chi connectivity index (χ2n) is 7.51. The first-order chi connectivity index (χ1) is 14.2. The van der Waals surface area contributed by atoms with Crippen molar-refractivity contribution in [2.45, 2.75) is 44.1 Å². The summed E-state index contributed by atoms with van der Waals surface area (Å²) < 4.78 is 11.0. The second kappa shape index (κ2) is 10.1. The molecular formula is C23H32N4O2. The van der Waals surface area contributed by atoms with Gasteiger partial charge in [-0.25, -0.2) is 0 Å². The number of nitrogens with zero attached hydrogens (tertiary/aromatic N) is 2. The number of aromatic nitrogens is 1. The van der Waals surface area contributed by atoms with Gasteiger partial charge >= 0.3 is 0 Å². The average Bonchev–Trinajstić information content (AvgIpc) is 2.80. The Morgan fingerprint density at radius 2 is 1.83 bits per heavy atom. The summed E-state index contributed by atoms with van der Waals surface area (Å²) in [6.07, 6.45) is 7.86. The van der Waals surface area contributed by atoms with Crippen LogP contribution in [0.4, 0.5) is 0 Å². The molecule has 6 nitrogen and oxygen atoms in total. The van der Waals surface area contributed by atoms with Crippen molar-refractivity contribution in [3.63, 3.8) is 0 Å². The van der Waals surface area contributed by atoms with E-state index in [2.05, 4.69) is 32.7 Å². The van der Waals surface area contributed by atoms with Crippen LogP contribution in [0, 0.1) is 0 Å². The molecule has 0 spiro atoms. The molecule has 0 bridgehead atoms. The van der Waals surface area contributed by atoms with Crippen molar-refractivity contribution in [1.29, 1.82) is 0 Å². The van der Waals surface area contributed by atoms with Crippen LogP contribution in [-0.4, -0.2) is 38.8 Å². The molecule has 0 unspecified atom stereocenters. The van der Waals surface area contributed by atoms with Crippen molar-refractivity contribution in [1.82, 2.24) is 15.6 Å². The molecule has 3 rings (SSSR count). The van der Waals surface area contributed by atoms with Gasteiger partial charge in [0, 0.05) is 25.2 Å². The number of guanidine groups is 1. The summed E-state index contributed by atoms with van der Waals surface area (Å²) in [5.74, 6) is 2.34. The summed E-state index contributed by atoms with van der Waals surface area (Å²) in [6, 6.07) is 12.3. The van der Waals surface area contributed by atoms with Gasteiger partial charge in [-0.05, 0) is 42.7 Å². The molecular weight excluding hydrogens is 364 g/mol. The van der Waals surface area contributed by atoms with E-state index in [1.807, 2.05) is 24.3 Å². The van der Waals surface area contributed by atoms with E-state index in [1.54, 1.807) is 27.5 Å². The Morgan fingerprint density at radius 1 is 1.03 bits per heavy atom. The number of methoxy groups -OCH3 is 2. The Bertz CT molecular complexity index is 802. The van der Waals surface area contributed by atoms with E-state index in [9.17, 15) is 0 Å². The standard InChI is InChI=1S/C23H32N4O2/c1-24-22(26-16-19-9-5-8-14-25-19)27-17-23(12-6-4-7-13-23)18-10-11-20(28-2)21(15-18)29-3/h5,8-11,14-15H,4,6-7,12-13,16-17H2,1-3H3,(H2,24,26,27). The third-order valence-corrected chi connectivity index (χ3v) is 5.79. The van der Waals surface area contributed by atoms with E-state index in [-0.39, 0.29) is 5.41 Å². The number of pyridine rings is 1. The molecule has 0 aliphatic heterocycles. The van der Waals surface area contributed by atoms with Gasteiger partial charge in [0.2, 0.25) is 0 Å². The minimum atomic E-state index is 0.0560. The van der Waals surface area contributed by atoms with Gasteiger partial charge in [-0.1, -0.05) is 31.4 Å². The molecule has 1 aliphatic rings. The smallest absolute Gasteiger partial charge is 0.191 e. The van der Waals surface area contributed by atoms with Crippen LogP contribution in [0.25, 0.3) is 0 Å². The van der Waals surface area contributed by atoms with Crippen molar-refractivity contribution >= 4 is 5.96 Å². The summed E-state index contributed by atoms with van der Waals surface area (Å²) in [6.45, 7) is 1.47. The van der Waals surface area contributed by atoms with Crippen molar-refractivity contribution in [3.8, 4) is 11.5 Å². The third kappa shape index (κ3) is 5.19. The molecule has 1 fully saturated rings. The van der Waals surface area contributed by atoms with E-state index < -0.39 is 0 Å². The lowest BCUT2D eigenvalue weighted by atomic mass is 9.69. The van der Waals surface area contributed by atoms with E-state index in [1.165, 1.54) is 24.8 Å². The van der Waals surface area contributed by atoms with Gasteiger partial charge in [0.15, 0.2) is 17.5 Å². The summed E-state index contributed by atoms with van der Waals surface area (Å²) in [5.41, 5.74) is 2.34. The van der Waals surface area contributed by atoms with Gasteiger partial charge < -0.3 is 20.1 Å². The Morgan fingerprint density at radius 3 is 2.48 bits per heavy atom. The van der Waals surface area contributed by atoms with E-state index >= 15 is 0 Å². The van der Waals surface area contributed by atoms with Crippen molar-refractivity contribution in [2.24, 2.45) is 4.99 Å². The molecule has 0 atom stereocenters. The molecule has 2 N–H and O–H groups in total. The van der Waals surface area contributed by atoms with Crippen molar-refractivity contribution in [2.75, 3.05) is 27.8 Å². The maximum absolute atomic E-state index is 5.56. The first kappa shape index (κ1) is 21.0. The lowest BCUT2D eigenvalue weighted by Crippen LogP contribution is -2.46. The van der Waals surface area contributed by atoms with Gasteiger partial charge in [-0.2, -0.15) is 0 Å². The number of rotatable bonds is 7.